The third-order valence-corrected chi connectivity index (χ3v) is 6.39. The smallest absolute Gasteiger partial charge is 0.322 e. The Morgan fingerprint density at radius 3 is 2.44 bits per heavy atom. The molecule has 1 saturated heterocycles. The lowest BCUT2D eigenvalue weighted by molar-refractivity contribution is 0.119. The number of nitrogens with zero attached hydrogens (tertiary/aromatic N) is 2. The molecule has 2 aliphatic rings. The summed E-state index contributed by atoms with van der Waals surface area (Å²) >= 11 is 0. The molecule has 0 aromatic heterocycles. The van der Waals surface area contributed by atoms with Crippen molar-refractivity contribution in [3.05, 3.63) is 89.7 Å². The van der Waals surface area contributed by atoms with Crippen LogP contribution in [0.25, 0.3) is 0 Å². The van der Waals surface area contributed by atoms with Gasteiger partial charge in [0.1, 0.15) is 5.82 Å². The lowest BCUT2D eigenvalue weighted by Crippen LogP contribution is -2.48. The number of amides is 2. The molecule has 0 bridgehead atoms. The second-order valence-electron chi connectivity index (χ2n) is 8.75. The van der Waals surface area contributed by atoms with E-state index in [0.29, 0.717) is 18.0 Å². The molecule has 2 amide bonds. The maximum absolute atomic E-state index is 13.4. The zero-order chi connectivity index (χ0) is 23.3. The van der Waals surface area contributed by atoms with Gasteiger partial charge in [-0.2, -0.15) is 0 Å². The SMILES string of the molecule is O=C(Nc1ccc(F)cc1)N(Cc1ccc2c(c1)OCO2)C1CCN(Cc2ccccc2)CC1. The van der Waals surface area contributed by atoms with Crippen LogP contribution in [0.5, 0.6) is 11.5 Å². The molecule has 34 heavy (non-hydrogen) atoms. The van der Waals surface area contributed by atoms with E-state index in [0.717, 1.165) is 43.8 Å². The van der Waals surface area contributed by atoms with Gasteiger partial charge in [0.05, 0.1) is 0 Å². The number of nitrogens with one attached hydrogen (secondary N) is 1. The van der Waals surface area contributed by atoms with Crippen LogP contribution >= 0.6 is 0 Å². The average Bonchev–Trinajstić information content (AvgIpc) is 3.33. The van der Waals surface area contributed by atoms with Crippen molar-refractivity contribution in [2.45, 2.75) is 32.0 Å². The highest BCUT2D eigenvalue weighted by atomic mass is 19.1. The summed E-state index contributed by atoms with van der Waals surface area (Å²) < 4.78 is 24.3. The van der Waals surface area contributed by atoms with Crippen LogP contribution < -0.4 is 14.8 Å². The molecule has 3 aromatic carbocycles. The van der Waals surface area contributed by atoms with Crippen molar-refractivity contribution in [2.75, 3.05) is 25.2 Å². The van der Waals surface area contributed by atoms with Crippen molar-refractivity contribution in [1.82, 2.24) is 9.80 Å². The number of carbonyl (C=O) groups is 1. The van der Waals surface area contributed by atoms with Crippen LogP contribution in [0.1, 0.15) is 24.0 Å². The minimum atomic E-state index is -0.332. The minimum absolute atomic E-state index is 0.0953. The third-order valence-electron chi connectivity index (χ3n) is 6.39. The van der Waals surface area contributed by atoms with Gasteiger partial charge >= 0.3 is 6.03 Å². The number of benzene rings is 3. The van der Waals surface area contributed by atoms with E-state index in [-0.39, 0.29) is 24.7 Å². The van der Waals surface area contributed by atoms with E-state index in [1.165, 1.54) is 17.7 Å². The van der Waals surface area contributed by atoms with Gasteiger partial charge in [0.25, 0.3) is 0 Å². The normalized spacial score (nSPS) is 15.8. The Hall–Kier alpha value is -3.58. The molecule has 1 N–H and O–H groups in total. The monoisotopic (exact) mass is 461 g/mol. The van der Waals surface area contributed by atoms with E-state index in [4.69, 9.17) is 9.47 Å². The molecule has 0 aliphatic carbocycles. The van der Waals surface area contributed by atoms with Crippen molar-refractivity contribution < 1.29 is 18.7 Å². The van der Waals surface area contributed by atoms with E-state index in [2.05, 4.69) is 34.5 Å². The summed E-state index contributed by atoms with van der Waals surface area (Å²) in [5.41, 5.74) is 2.85. The third kappa shape index (κ3) is 5.31. The molecule has 0 spiro atoms. The standard InChI is InChI=1S/C27H28FN3O3/c28-22-7-9-23(10-8-22)29-27(32)31(18-21-6-11-25-26(16-21)34-19-33-25)24-12-14-30(15-13-24)17-20-4-2-1-3-5-20/h1-11,16,24H,12-15,17-19H2,(H,29,32). The van der Waals surface area contributed by atoms with Crippen LogP contribution in [0.4, 0.5) is 14.9 Å². The van der Waals surface area contributed by atoms with Crippen LogP contribution in [0.3, 0.4) is 0 Å². The van der Waals surface area contributed by atoms with Gasteiger partial charge in [-0.15, -0.1) is 0 Å². The first-order valence-electron chi connectivity index (χ1n) is 11.6. The van der Waals surface area contributed by atoms with E-state index >= 15 is 0 Å². The summed E-state index contributed by atoms with van der Waals surface area (Å²) in [7, 11) is 0. The number of halogens is 1. The maximum atomic E-state index is 13.4. The number of ether oxygens (including phenoxy) is 2. The molecule has 176 valence electrons. The van der Waals surface area contributed by atoms with Gasteiger partial charge in [-0.3, -0.25) is 4.90 Å². The first kappa shape index (κ1) is 22.2. The Bertz CT molecular complexity index is 1120. The second kappa shape index (κ2) is 10.1. The van der Waals surface area contributed by atoms with Crippen molar-refractivity contribution in [3.8, 4) is 11.5 Å². The summed E-state index contributed by atoms with van der Waals surface area (Å²) in [5, 5.41) is 2.94. The second-order valence-corrected chi connectivity index (χ2v) is 8.75. The number of carbonyl (C=O) groups excluding carboxylic acids is 1. The van der Waals surface area contributed by atoms with Gasteiger partial charge in [-0.1, -0.05) is 36.4 Å². The van der Waals surface area contributed by atoms with Gasteiger partial charge in [-0.05, 0) is 60.4 Å². The van der Waals surface area contributed by atoms with Crippen LogP contribution in [-0.2, 0) is 13.1 Å². The van der Waals surface area contributed by atoms with E-state index in [9.17, 15) is 9.18 Å². The van der Waals surface area contributed by atoms with Crippen LogP contribution in [0.2, 0.25) is 0 Å². The summed E-state index contributed by atoms with van der Waals surface area (Å²) in [6, 6.07) is 22.0. The topological polar surface area (TPSA) is 54.0 Å². The van der Waals surface area contributed by atoms with Crippen LogP contribution in [0.15, 0.2) is 72.8 Å². The molecule has 3 aromatic rings. The molecular weight excluding hydrogens is 433 g/mol. The highest BCUT2D eigenvalue weighted by molar-refractivity contribution is 5.89. The molecule has 5 rings (SSSR count). The highest BCUT2D eigenvalue weighted by Crippen LogP contribution is 2.33. The molecule has 0 saturated carbocycles. The number of rotatable bonds is 6. The van der Waals surface area contributed by atoms with Crippen molar-refractivity contribution in [1.29, 1.82) is 0 Å². The molecular formula is C27H28FN3O3. The zero-order valence-corrected chi connectivity index (χ0v) is 19.0. The number of likely N-dealkylation sites (tertiary alicyclic amines) is 1. The van der Waals surface area contributed by atoms with Crippen molar-refractivity contribution >= 4 is 11.7 Å². The van der Waals surface area contributed by atoms with Gasteiger partial charge in [-0.25, -0.2) is 9.18 Å². The van der Waals surface area contributed by atoms with E-state index in [1.54, 1.807) is 12.1 Å². The Kier molecular flexibility index (Phi) is 6.62. The zero-order valence-electron chi connectivity index (χ0n) is 19.0. The Morgan fingerprint density at radius 2 is 1.68 bits per heavy atom. The number of hydrogen-bond donors (Lipinski definition) is 1. The van der Waals surface area contributed by atoms with Gasteiger partial charge in [0.2, 0.25) is 6.79 Å². The molecule has 7 heteroatoms. The van der Waals surface area contributed by atoms with Gasteiger partial charge in [0.15, 0.2) is 11.5 Å². The Morgan fingerprint density at radius 1 is 0.941 bits per heavy atom. The lowest BCUT2D eigenvalue weighted by Gasteiger charge is -2.38. The number of piperidine rings is 1. The van der Waals surface area contributed by atoms with Crippen LogP contribution in [-0.4, -0.2) is 41.8 Å². The molecule has 2 heterocycles. The van der Waals surface area contributed by atoms with E-state index in [1.807, 2.05) is 29.2 Å². The molecule has 2 aliphatic heterocycles. The Labute approximate surface area is 198 Å². The Balaban J connectivity index is 1.29. The predicted octanol–water partition coefficient (Wildman–Crippen LogP) is 5.25. The molecule has 0 atom stereocenters. The summed E-state index contributed by atoms with van der Waals surface area (Å²) in [4.78, 5) is 17.7. The largest absolute Gasteiger partial charge is 0.454 e. The fraction of sp³-hybridized carbons (Fsp3) is 0.296. The molecule has 1 fully saturated rings. The fourth-order valence-electron chi connectivity index (χ4n) is 4.56. The van der Waals surface area contributed by atoms with Crippen LogP contribution in [0, 0.1) is 5.82 Å². The first-order valence-corrected chi connectivity index (χ1v) is 11.6. The predicted molar refractivity (Wildman–Crippen MR) is 128 cm³/mol. The highest BCUT2D eigenvalue weighted by Gasteiger charge is 2.29. The quantitative estimate of drug-likeness (QED) is 0.545. The number of hydrogen-bond acceptors (Lipinski definition) is 4. The molecule has 0 radical (unpaired) electrons. The number of fused-ring (bicyclic) bond motifs is 1. The summed E-state index contributed by atoms with van der Waals surface area (Å²) in [6.45, 7) is 3.42. The number of anilines is 1. The lowest BCUT2D eigenvalue weighted by atomic mass is 10.0. The summed E-state index contributed by atoms with van der Waals surface area (Å²) in [5.74, 6) is 1.09. The summed E-state index contributed by atoms with van der Waals surface area (Å²) in [6.07, 6.45) is 1.77. The van der Waals surface area contributed by atoms with Crippen molar-refractivity contribution in [2.24, 2.45) is 0 Å². The minimum Gasteiger partial charge on any atom is -0.454 e. The van der Waals surface area contributed by atoms with Crippen molar-refractivity contribution in [3.63, 3.8) is 0 Å². The molecule has 0 unspecified atom stereocenters. The van der Waals surface area contributed by atoms with Gasteiger partial charge < -0.3 is 19.7 Å². The first-order chi connectivity index (χ1) is 16.6. The van der Waals surface area contributed by atoms with Gasteiger partial charge in [0, 0.05) is 37.9 Å². The molecule has 6 nitrogen and oxygen atoms in total. The number of urea groups is 1. The van der Waals surface area contributed by atoms with E-state index < -0.39 is 0 Å². The average molecular weight is 462 g/mol. The fourth-order valence-corrected chi connectivity index (χ4v) is 4.56. The maximum Gasteiger partial charge on any atom is 0.322 e.